The molecule has 0 aromatic carbocycles. The van der Waals surface area contributed by atoms with Gasteiger partial charge in [0.15, 0.2) is 5.82 Å². The normalized spacial score (nSPS) is 17.3. The van der Waals surface area contributed by atoms with Gasteiger partial charge in [0.25, 0.3) is 5.91 Å². The fourth-order valence-corrected chi connectivity index (χ4v) is 2.86. The van der Waals surface area contributed by atoms with Crippen molar-refractivity contribution in [2.24, 2.45) is 0 Å². The van der Waals surface area contributed by atoms with E-state index in [1.54, 1.807) is 52.7 Å². The van der Waals surface area contributed by atoms with Gasteiger partial charge in [-0.05, 0) is 25.1 Å². The molecule has 3 aromatic heterocycles. The fourth-order valence-electron chi connectivity index (χ4n) is 2.86. The van der Waals surface area contributed by atoms with Gasteiger partial charge in [0, 0.05) is 37.0 Å². The molecule has 0 bridgehead atoms. The van der Waals surface area contributed by atoms with Crippen molar-refractivity contribution >= 4 is 5.91 Å². The quantitative estimate of drug-likeness (QED) is 0.713. The van der Waals surface area contributed by atoms with Crippen LogP contribution in [0.4, 0.5) is 0 Å². The Morgan fingerprint density at radius 2 is 2.15 bits per heavy atom. The van der Waals surface area contributed by atoms with Crippen molar-refractivity contribution in [3.05, 3.63) is 66.4 Å². The molecule has 3 aromatic rings. The van der Waals surface area contributed by atoms with E-state index < -0.39 is 0 Å². The van der Waals surface area contributed by atoms with E-state index in [4.69, 9.17) is 4.74 Å². The van der Waals surface area contributed by atoms with Crippen LogP contribution in [0.2, 0.25) is 0 Å². The van der Waals surface area contributed by atoms with E-state index >= 15 is 0 Å². The highest BCUT2D eigenvalue weighted by Crippen LogP contribution is 2.20. The number of aryl methyl sites for hydroxylation is 1. The summed E-state index contributed by atoms with van der Waals surface area (Å²) in [6.45, 7) is 3.31. The Kier molecular flexibility index (Phi) is 4.40. The second-order valence-electron chi connectivity index (χ2n) is 6.04. The van der Waals surface area contributed by atoms with E-state index in [0.29, 0.717) is 36.9 Å². The molecule has 132 valence electrons. The Labute approximate surface area is 150 Å². The van der Waals surface area contributed by atoms with Crippen molar-refractivity contribution in [2.75, 3.05) is 19.7 Å². The van der Waals surface area contributed by atoms with Gasteiger partial charge in [-0.3, -0.25) is 9.36 Å². The third-order valence-electron chi connectivity index (χ3n) is 4.22. The number of rotatable bonds is 3. The van der Waals surface area contributed by atoms with E-state index in [2.05, 4.69) is 19.9 Å². The number of carbonyl (C=O) groups is 1. The monoisotopic (exact) mass is 350 g/mol. The summed E-state index contributed by atoms with van der Waals surface area (Å²) in [7, 11) is 0. The minimum Gasteiger partial charge on any atom is -0.367 e. The lowest BCUT2D eigenvalue weighted by Crippen LogP contribution is -2.42. The van der Waals surface area contributed by atoms with Gasteiger partial charge in [0.05, 0.1) is 18.7 Å². The first-order valence-electron chi connectivity index (χ1n) is 8.35. The maximum atomic E-state index is 12.8. The van der Waals surface area contributed by atoms with Gasteiger partial charge in [-0.15, -0.1) is 0 Å². The lowest BCUT2D eigenvalue weighted by atomic mass is 10.2. The number of aromatic nitrogens is 5. The molecule has 1 amide bonds. The Morgan fingerprint density at radius 3 is 2.88 bits per heavy atom. The van der Waals surface area contributed by atoms with Crippen LogP contribution in [0.5, 0.6) is 0 Å². The molecule has 4 rings (SSSR count). The molecule has 0 N–H and O–H groups in total. The molecule has 8 heteroatoms. The van der Waals surface area contributed by atoms with E-state index in [-0.39, 0.29) is 12.0 Å². The number of nitrogens with zero attached hydrogens (tertiary/aromatic N) is 6. The first kappa shape index (κ1) is 16.3. The van der Waals surface area contributed by atoms with Crippen LogP contribution >= 0.6 is 0 Å². The summed E-state index contributed by atoms with van der Waals surface area (Å²) in [5, 5.41) is 0. The van der Waals surface area contributed by atoms with E-state index in [1.807, 2.05) is 13.0 Å². The van der Waals surface area contributed by atoms with E-state index in [1.165, 1.54) is 0 Å². The highest BCUT2D eigenvalue weighted by Gasteiger charge is 2.28. The van der Waals surface area contributed by atoms with E-state index in [9.17, 15) is 4.79 Å². The molecule has 0 spiro atoms. The predicted octanol–water partition coefficient (Wildman–Crippen LogP) is 1.58. The van der Waals surface area contributed by atoms with Crippen molar-refractivity contribution < 1.29 is 9.53 Å². The van der Waals surface area contributed by atoms with Crippen LogP contribution in [0.25, 0.3) is 5.82 Å². The molecule has 26 heavy (non-hydrogen) atoms. The molecule has 1 aliphatic rings. The number of pyridine rings is 1. The minimum atomic E-state index is -0.314. The van der Waals surface area contributed by atoms with Crippen molar-refractivity contribution in [1.82, 2.24) is 29.4 Å². The molecule has 0 aliphatic carbocycles. The SMILES string of the molecule is Cc1ccnc(C2CN(C(=O)c3ccc(-n4ccnc4)nc3)CCO2)n1. The highest BCUT2D eigenvalue weighted by atomic mass is 16.5. The zero-order valence-electron chi connectivity index (χ0n) is 14.3. The van der Waals surface area contributed by atoms with Crippen LogP contribution in [0.1, 0.15) is 28.0 Å². The van der Waals surface area contributed by atoms with Crippen LogP contribution < -0.4 is 0 Å². The molecule has 1 aliphatic heterocycles. The molecule has 8 nitrogen and oxygen atoms in total. The second kappa shape index (κ2) is 7.01. The summed E-state index contributed by atoms with van der Waals surface area (Å²) >= 11 is 0. The number of imidazole rings is 1. The molecule has 0 saturated carbocycles. The largest absolute Gasteiger partial charge is 0.367 e. The number of hydrogen-bond donors (Lipinski definition) is 0. The zero-order chi connectivity index (χ0) is 17.9. The maximum absolute atomic E-state index is 12.8. The van der Waals surface area contributed by atoms with Crippen LogP contribution in [0.15, 0.2) is 49.3 Å². The minimum absolute atomic E-state index is 0.0735. The highest BCUT2D eigenvalue weighted by molar-refractivity contribution is 5.94. The number of ether oxygens (including phenoxy) is 1. The Balaban J connectivity index is 1.49. The molecular formula is C18H18N6O2. The van der Waals surface area contributed by atoms with Crippen molar-refractivity contribution in [3.63, 3.8) is 0 Å². The molecule has 1 saturated heterocycles. The first-order valence-corrected chi connectivity index (χ1v) is 8.35. The molecule has 1 atom stereocenters. The van der Waals surface area contributed by atoms with Gasteiger partial charge in [0.1, 0.15) is 18.2 Å². The Morgan fingerprint density at radius 1 is 1.23 bits per heavy atom. The van der Waals surface area contributed by atoms with E-state index in [0.717, 1.165) is 5.69 Å². The Hall–Kier alpha value is -3.13. The average molecular weight is 350 g/mol. The number of amides is 1. The first-order chi connectivity index (χ1) is 12.7. The predicted molar refractivity (Wildman–Crippen MR) is 92.7 cm³/mol. The third-order valence-corrected chi connectivity index (χ3v) is 4.22. The number of carbonyl (C=O) groups excluding carboxylic acids is 1. The fraction of sp³-hybridized carbons (Fsp3) is 0.278. The van der Waals surface area contributed by atoms with Crippen molar-refractivity contribution in [3.8, 4) is 5.82 Å². The van der Waals surface area contributed by atoms with Gasteiger partial charge in [-0.1, -0.05) is 0 Å². The van der Waals surface area contributed by atoms with Crippen LogP contribution in [0.3, 0.4) is 0 Å². The summed E-state index contributed by atoms with van der Waals surface area (Å²) in [4.78, 5) is 31.6. The van der Waals surface area contributed by atoms with Crippen LogP contribution in [-0.2, 0) is 4.74 Å². The number of morpholine rings is 1. The molecule has 4 heterocycles. The standard InChI is InChI=1S/C18H18N6O2/c1-13-4-5-20-17(22-13)15-11-23(8-9-26-15)18(25)14-2-3-16(21-10-14)24-7-6-19-12-24/h2-7,10,12,15H,8-9,11H2,1H3. The summed E-state index contributed by atoms with van der Waals surface area (Å²) in [5.41, 5.74) is 1.42. The average Bonchev–Trinajstić information content (AvgIpc) is 3.22. The van der Waals surface area contributed by atoms with Crippen LogP contribution in [0, 0.1) is 6.92 Å². The maximum Gasteiger partial charge on any atom is 0.255 e. The summed E-state index contributed by atoms with van der Waals surface area (Å²) in [5.74, 6) is 1.25. The Bertz CT molecular complexity index is 894. The molecule has 0 radical (unpaired) electrons. The summed E-state index contributed by atoms with van der Waals surface area (Å²) in [6.07, 6.45) is 8.13. The van der Waals surface area contributed by atoms with Gasteiger partial charge < -0.3 is 9.64 Å². The molecule has 1 fully saturated rings. The topological polar surface area (TPSA) is 86.0 Å². The van der Waals surface area contributed by atoms with Gasteiger partial charge in [-0.2, -0.15) is 0 Å². The van der Waals surface area contributed by atoms with Crippen LogP contribution in [-0.4, -0.2) is 55.0 Å². The lowest BCUT2D eigenvalue weighted by molar-refractivity contribution is -0.0268. The summed E-state index contributed by atoms with van der Waals surface area (Å²) < 4.78 is 7.54. The number of hydrogen-bond acceptors (Lipinski definition) is 6. The third kappa shape index (κ3) is 3.31. The van der Waals surface area contributed by atoms with Gasteiger partial charge in [0.2, 0.25) is 0 Å². The van der Waals surface area contributed by atoms with Crippen molar-refractivity contribution in [2.45, 2.75) is 13.0 Å². The van der Waals surface area contributed by atoms with Gasteiger partial charge >= 0.3 is 0 Å². The van der Waals surface area contributed by atoms with Crippen molar-refractivity contribution in [1.29, 1.82) is 0 Å². The second-order valence-corrected chi connectivity index (χ2v) is 6.04. The smallest absolute Gasteiger partial charge is 0.255 e. The van der Waals surface area contributed by atoms with Gasteiger partial charge in [-0.25, -0.2) is 19.9 Å². The molecular weight excluding hydrogens is 332 g/mol. The summed E-state index contributed by atoms with van der Waals surface area (Å²) in [6, 6.07) is 5.41. The molecule has 1 unspecified atom stereocenters. The zero-order valence-corrected chi connectivity index (χ0v) is 14.3. The lowest BCUT2D eigenvalue weighted by Gasteiger charge is -2.32.